The summed E-state index contributed by atoms with van der Waals surface area (Å²) in [5.74, 6) is 2.52. The van der Waals surface area contributed by atoms with E-state index in [1.165, 1.54) is 0 Å². The van der Waals surface area contributed by atoms with E-state index in [4.69, 9.17) is 10.3 Å². The molecule has 0 saturated carbocycles. The Morgan fingerprint density at radius 2 is 2.00 bits per heavy atom. The summed E-state index contributed by atoms with van der Waals surface area (Å²) in [6.07, 6.45) is 2.99. The fourth-order valence-corrected chi connectivity index (χ4v) is 1.40. The fourth-order valence-electron chi connectivity index (χ4n) is 1.40. The number of hydrogen-bond donors (Lipinski definition) is 1. The van der Waals surface area contributed by atoms with Crippen molar-refractivity contribution in [3.8, 4) is 0 Å². The first kappa shape index (κ1) is 12.2. The molecule has 1 rings (SSSR count). The van der Waals surface area contributed by atoms with Crippen LogP contribution in [0.3, 0.4) is 0 Å². The molecule has 1 unspecified atom stereocenters. The van der Waals surface area contributed by atoms with Gasteiger partial charge in [-0.2, -0.15) is 4.98 Å². The van der Waals surface area contributed by atoms with Gasteiger partial charge in [0, 0.05) is 12.3 Å². The molecule has 4 heteroatoms. The highest BCUT2D eigenvalue weighted by atomic mass is 16.5. The zero-order chi connectivity index (χ0) is 11.3. The van der Waals surface area contributed by atoms with Crippen LogP contribution in [-0.2, 0) is 6.42 Å². The van der Waals surface area contributed by atoms with Gasteiger partial charge in [-0.3, -0.25) is 0 Å². The number of aromatic nitrogens is 2. The van der Waals surface area contributed by atoms with Crippen LogP contribution in [0.25, 0.3) is 0 Å². The molecule has 4 nitrogen and oxygen atoms in total. The molecule has 1 heterocycles. The lowest BCUT2D eigenvalue weighted by Gasteiger charge is -2.06. The molecule has 1 aromatic heterocycles. The van der Waals surface area contributed by atoms with Crippen molar-refractivity contribution < 1.29 is 4.52 Å². The number of rotatable bonds is 6. The molecule has 0 fully saturated rings. The Labute approximate surface area is 91.2 Å². The quantitative estimate of drug-likeness (QED) is 0.782. The van der Waals surface area contributed by atoms with E-state index in [-0.39, 0.29) is 0 Å². The zero-order valence-corrected chi connectivity index (χ0v) is 9.86. The van der Waals surface area contributed by atoms with Crippen molar-refractivity contribution >= 4 is 0 Å². The molecule has 0 radical (unpaired) electrons. The van der Waals surface area contributed by atoms with Gasteiger partial charge in [-0.25, -0.2) is 0 Å². The first-order valence-corrected chi connectivity index (χ1v) is 5.66. The maximum absolute atomic E-state index is 5.49. The first-order chi connectivity index (χ1) is 7.13. The van der Waals surface area contributed by atoms with Crippen molar-refractivity contribution in [1.29, 1.82) is 0 Å². The van der Waals surface area contributed by atoms with Crippen LogP contribution in [0, 0.1) is 5.92 Å². The smallest absolute Gasteiger partial charge is 0.226 e. The topological polar surface area (TPSA) is 64.9 Å². The van der Waals surface area contributed by atoms with Gasteiger partial charge in [0.05, 0.1) is 0 Å². The standard InChI is InChI=1S/C11H21N3O/c1-8(2)11-13-10(15-14-11)5-4-9(3)6-7-12/h8-9H,4-7,12H2,1-3H3. The number of aryl methyl sites for hydroxylation is 1. The summed E-state index contributed by atoms with van der Waals surface area (Å²) in [5, 5.41) is 3.93. The van der Waals surface area contributed by atoms with Gasteiger partial charge in [-0.15, -0.1) is 0 Å². The van der Waals surface area contributed by atoms with E-state index in [1.807, 2.05) is 0 Å². The lowest BCUT2D eigenvalue weighted by atomic mass is 10.0. The second-order valence-corrected chi connectivity index (χ2v) is 4.42. The van der Waals surface area contributed by atoms with E-state index >= 15 is 0 Å². The van der Waals surface area contributed by atoms with Gasteiger partial charge in [0.25, 0.3) is 0 Å². The van der Waals surface area contributed by atoms with Crippen LogP contribution in [0.2, 0.25) is 0 Å². The van der Waals surface area contributed by atoms with Crippen LogP contribution >= 0.6 is 0 Å². The largest absolute Gasteiger partial charge is 0.339 e. The van der Waals surface area contributed by atoms with Gasteiger partial charge in [0.2, 0.25) is 5.89 Å². The summed E-state index contributed by atoms with van der Waals surface area (Å²) in [7, 11) is 0. The Balaban J connectivity index is 2.37. The SMILES string of the molecule is CC(CCN)CCc1nc(C(C)C)no1. The van der Waals surface area contributed by atoms with Crippen LogP contribution < -0.4 is 5.73 Å². The Bertz CT molecular complexity index is 283. The molecule has 0 saturated heterocycles. The lowest BCUT2D eigenvalue weighted by molar-refractivity contribution is 0.357. The Morgan fingerprint density at radius 3 is 2.53 bits per heavy atom. The molecular weight excluding hydrogens is 190 g/mol. The third-order valence-corrected chi connectivity index (χ3v) is 2.51. The van der Waals surface area contributed by atoms with E-state index in [9.17, 15) is 0 Å². The Morgan fingerprint density at radius 1 is 1.27 bits per heavy atom. The van der Waals surface area contributed by atoms with Crippen molar-refractivity contribution in [3.05, 3.63) is 11.7 Å². The Hall–Kier alpha value is -0.900. The lowest BCUT2D eigenvalue weighted by Crippen LogP contribution is -2.06. The minimum Gasteiger partial charge on any atom is -0.339 e. The van der Waals surface area contributed by atoms with E-state index in [0.29, 0.717) is 11.8 Å². The molecule has 0 aliphatic rings. The molecule has 15 heavy (non-hydrogen) atoms. The monoisotopic (exact) mass is 211 g/mol. The summed E-state index contributed by atoms with van der Waals surface area (Å²) >= 11 is 0. The Kier molecular flexibility index (Phi) is 4.75. The van der Waals surface area contributed by atoms with Crippen molar-refractivity contribution in [2.24, 2.45) is 11.7 Å². The fraction of sp³-hybridized carbons (Fsp3) is 0.818. The highest BCUT2D eigenvalue weighted by molar-refractivity contribution is 4.91. The third kappa shape index (κ3) is 4.00. The normalized spacial score (nSPS) is 13.4. The molecule has 1 aromatic rings. The third-order valence-electron chi connectivity index (χ3n) is 2.51. The van der Waals surface area contributed by atoms with E-state index in [0.717, 1.165) is 37.5 Å². The number of hydrogen-bond acceptors (Lipinski definition) is 4. The van der Waals surface area contributed by atoms with Gasteiger partial charge < -0.3 is 10.3 Å². The molecule has 0 aliphatic heterocycles. The molecule has 0 aliphatic carbocycles. The predicted molar refractivity (Wildman–Crippen MR) is 59.5 cm³/mol. The first-order valence-electron chi connectivity index (χ1n) is 5.66. The summed E-state index contributed by atoms with van der Waals surface area (Å²) in [6, 6.07) is 0. The highest BCUT2D eigenvalue weighted by Crippen LogP contribution is 2.13. The average Bonchev–Trinajstić information content (AvgIpc) is 2.63. The summed E-state index contributed by atoms with van der Waals surface area (Å²) in [5.41, 5.74) is 5.49. The second kappa shape index (κ2) is 5.85. The van der Waals surface area contributed by atoms with Crippen LogP contribution in [0.1, 0.15) is 51.2 Å². The maximum Gasteiger partial charge on any atom is 0.226 e. The summed E-state index contributed by atoms with van der Waals surface area (Å²) in [6.45, 7) is 7.08. The van der Waals surface area contributed by atoms with Gasteiger partial charge >= 0.3 is 0 Å². The van der Waals surface area contributed by atoms with Crippen molar-refractivity contribution in [2.45, 2.75) is 46.0 Å². The summed E-state index contributed by atoms with van der Waals surface area (Å²) in [4.78, 5) is 4.33. The van der Waals surface area contributed by atoms with Crippen LogP contribution in [0.5, 0.6) is 0 Å². The predicted octanol–water partition coefficient (Wildman–Crippen LogP) is 2.11. The molecule has 1 atom stereocenters. The molecule has 0 aromatic carbocycles. The van der Waals surface area contributed by atoms with Crippen LogP contribution in [0.4, 0.5) is 0 Å². The van der Waals surface area contributed by atoms with Gasteiger partial charge in [-0.1, -0.05) is 25.9 Å². The second-order valence-electron chi connectivity index (χ2n) is 4.42. The van der Waals surface area contributed by atoms with E-state index < -0.39 is 0 Å². The van der Waals surface area contributed by atoms with Gasteiger partial charge in [0.1, 0.15) is 0 Å². The summed E-state index contributed by atoms with van der Waals surface area (Å²) < 4.78 is 5.16. The molecular formula is C11H21N3O. The highest BCUT2D eigenvalue weighted by Gasteiger charge is 2.10. The van der Waals surface area contributed by atoms with Crippen molar-refractivity contribution in [3.63, 3.8) is 0 Å². The minimum atomic E-state index is 0.337. The molecule has 0 bridgehead atoms. The molecule has 0 spiro atoms. The van der Waals surface area contributed by atoms with Crippen LogP contribution in [-0.4, -0.2) is 16.7 Å². The van der Waals surface area contributed by atoms with Gasteiger partial charge in [0.15, 0.2) is 5.82 Å². The zero-order valence-electron chi connectivity index (χ0n) is 9.86. The molecule has 0 amide bonds. The average molecular weight is 211 g/mol. The van der Waals surface area contributed by atoms with Gasteiger partial charge in [-0.05, 0) is 25.3 Å². The maximum atomic E-state index is 5.49. The van der Waals surface area contributed by atoms with E-state index in [2.05, 4.69) is 30.9 Å². The molecule has 86 valence electrons. The van der Waals surface area contributed by atoms with E-state index in [1.54, 1.807) is 0 Å². The van der Waals surface area contributed by atoms with Crippen molar-refractivity contribution in [2.75, 3.05) is 6.54 Å². The number of nitrogens with two attached hydrogens (primary N) is 1. The van der Waals surface area contributed by atoms with Crippen molar-refractivity contribution in [1.82, 2.24) is 10.1 Å². The molecule has 2 N–H and O–H groups in total. The number of nitrogens with zero attached hydrogens (tertiary/aromatic N) is 2. The van der Waals surface area contributed by atoms with Crippen LogP contribution in [0.15, 0.2) is 4.52 Å². The minimum absolute atomic E-state index is 0.337.